The molecule has 1 unspecified atom stereocenters. The van der Waals surface area contributed by atoms with E-state index in [1.54, 1.807) is 6.42 Å². The van der Waals surface area contributed by atoms with Crippen LogP contribution in [-0.4, -0.2) is 19.4 Å². The Kier molecular flexibility index (Phi) is 6.53. The van der Waals surface area contributed by atoms with Crippen LogP contribution >= 0.6 is 0 Å². The van der Waals surface area contributed by atoms with E-state index in [9.17, 15) is 4.79 Å². The topological polar surface area (TPSA) is 35.5 Å². The van der Waals surface area contributed by atoms with Gasteiger partial charge >= 0.3 is 6.16 Å². The molecule has 0 aliphatic carbocycles. The summed E-state index contributed by atoms with van der Waals surface area (Å²) in [4.78, 5) is 10.8. The van der Waals surface area contributed by atoms with E-state index in [1.807, 2.05) is 13.8 Å². The van der Waals surface area contributed by atoms with Crippen LogP contribution in [-0.2, 0) is 9.47 Å². The van der Waals surface area contributed by atoms with Crippen LogP contribution in [0.2, 0.25) is 0 Å². The first-order chi connectivity index (χ1) is 5.70. The lowest BCUT2D eigenvalue weighted by Crippen LogP contribution is -2.13. The van der Waals surface area contributed by atoms with Gasteiger partial charge in [-0.05, 0) is 12.3 Å². The molecular formula is C9H17O3. The Bertz CT molecular complexity index is 123. The Labute approximate surface area is 74.0 Å². The fourth-order valence-electron chi connectivity index (χ4n) is 0.521. The molecule has 0 bridgehead atoms. The van der Waals surface area contributed by atoms with Crippen LogP contribution in [0.1, 0.15) is 27.2 Å². The van der Waals surface area contributed by atoms with Gasteiger partial charge in [0.25, 0.3) is 0 Å². The lowest BCUT2D eigenvalue weighted by atomic mass is 10.1. The maximum absolute atomic E-state index is 10.8. The normalized spacial score (nSPS) is 12.2. The number of hydrogen-bond acceptors (Lipinski definition) is 3. The lowest BCUT2D eigenvalue weighted by Gasteiger charge is -2.08. The monoisotopic (exact) mass is 173 g/mol. The third-order valence-corrected chi connectivity index (χ3v) is 1.55. The molecular weight excluding hydrogens is 156 g/mol. The standard InChI is InChI=1S/C9H17O3/c1-4-6-11-9(10)12-7-8(3)5-2/h4,8H,5-7H2,1-3H3. The van der Waals surface area contributed by atoms with Gasteiger partial charge in [0.15, 0.2) is 0 Å². The van der Waals surface area contributed by atoms with Crippen LogP contribution < -0.4 is 0 Å². The second-order valence-corrected chi connectivity index (χ2v) is 2.79. The zero-order valence-electron chi connectivity index (χ0n) is 8.00. The summed E-state index contributed by atoms with van der Waals surface area (Å²) in [6, 6.07) is 0. The number of ether oxygens (including phenoxy) is 2. The molecule has 0 saturated carbocycles. The van der Waals surface area contributed by atoms with Gasteiger partial charge in [-0.2, -0.15) is 0 Å². The minimum absolute atomic E-state index is 0.319. The van der Waals surface area contributed by atoms with Crippen LogP contribution in [0.15, 0.2) is 0 Å². The summed E-state index contributed by atoms with van der Waals surface area (Å²) in [6.45, 7) is 6.67. The Hall–Kier alpha value is -0.730. The largest absolute Gasteiger partial charge is 0.508 e. The van der Waals surface area contributed by atoms with Gasteiger partial charge in [-0.1, -0.05) is 27.2 Å². The SMILES string of the molecule is C[CH]COC(=O)OCC(C)CC. The van der Waals surface area contributed by atoms with Crippen LogP contribution in [0.5, 0.6) is 0 Å². The third kappa shape index (κ3) is 6.01. The summed E-state index contributed by atoms with van der Waals surface area (Å²) >= 11 is 0. The van der Waals surface area contributed by atoms with Crippen molar-refractivity contribution >= 4 is 6.16 Å². The van der Waals surface area contributed by atoms with Crippen molar-refractivity contribution in [3.05, 3.63) is 6.42 Å². The second-order valence-electron chi connectivity index (χ2n) is 2.79. The van der Waals surface area contributed by atoms with E-state index in [1.165, 1.54) is 0 Å². The molecule has 3 nitrogen and oxygen atoms in total. The molecule has 0 rings (SSSR count). The molecule has 0 aromatic carbocycles. The summed E-state index contributed by atoms with van der Waals surface area (Å²) in [5.41, 5.74) is 0. The van der Waals surface area contributed by atoms with Crippen LogP contribution in [0.25, 0.3) is 0 Å². The molecule has 0 aliphatic rings. The van der Waals surface area contributed by atoms with Crippen molar-refractivity contribution < 1.29 is 14.3 Å². The van der Waals surface area contributed by atoms with E-state index in [0.29, 0.717) is 19.1 Å². The number of hydrogen-bond donors (Lipinski definition) is 0. The highest BCUT2D eigenvalue weighted by Crippen LogP contribution is 2.01. The molecule has 1 radical (unpaired) electrons. The summed E-state index contributed by atoms with van der Waals surface area (Å²) < 4.78 is 9.48. The van der Waals surface area contributed by atoms with Gasteiger partial charge in [0, 0.05) is 0 Å². The molecule has 1 atom stereocenters. The molecule has 0 aromatic rings. The molecule has 0 aromatic heterocycles. The molecule has 3 heteroatoms. The maximum atomic E-state index is 10.8. The minimum Gasteiger partial charge on any atom is -0.434 e. The van der Waals surface area contributed by atoms with Gasteiger partial charge in [0.1, 0.15) is 0 Å². The molecule has 0 aliphatic heterocycles. The highest BCUT2D eigenvalue weighted by Gasteiger charge is 2.05. The quantitative estimate of drug-likeness (QED) is 0.599. The molecule has 0 fully saturated rings. The zero-order valence-corrected chi connectivity index (χ0v) is 8.00. The minimum atomic E-state index is -0.576. The second kappa shape index (κ2) is 6.95. The first-order valence-corrected chi connectivity index (χ1v) is 4.28. The molecule has 0 spiro atoms. The van der Waals surface area contributed by atoms with Crippen LogP contribution in [0.3, 0.4) is 0 Å². The summed E-state index contributed by atoms with van der Waals surface area (Å²) in [6.07, 6.45) is 2.19. The Morgan fingerprint density at radius 2 is 2.17 bits per heavy atom. The first-order valence-electron chi connectivity index (χ1n) is 4.28. The van der Waals surface area contributed by atoms with Crippen molar-refractivity contribution in [3.8, 4) is 0 Å². The van der Waals surface area contributed by atoms with Crippen molar-refractivity contribution in [1.29, 1.82) is 0 Å². The van der Waals surface area contributed by atoms with E-state index >= 15 is 0 Å². The van der Waals surface area contributed by atoms with Gasteiger partial charge in [0.05, 0.1) is 13.2 Å². The highest BCUT2D eigenvalue weighted by molar-refractivity contribution is 5.59. The Morgan fingerprint density at radius 3 is 2.67 bits per heavy atom. The zero-order chi connectivity index (χ0) is 9.40. The maximum Gasteiger partial charge on any atom is 0.508 e. The highest BCUT2D eigenvalue weighted by atomic mass is 16.7. The van der Waals surface area contributed by atoms with Crippen molar-refractivity contribution in [1.82, 2.24) is 0 Å². The van der Waals surface area contributed by atoms with Gasteiger partial charge in [-0.15, -0.1) is 0 Å². The first kappa shape index (κ1) is 11.3. The average Bonchev–Trinajstić information content (AvgIpc) is 2.10. The predicted octanol–water partition coefficient (Wildman–Crippen LogP) is 2.41. The van der Waals surface area contributed by atoms with E-state index in [4.69, 9.17) is 4.74 Å². The molecule has 0 N–H and O–H groups in total. The fourth-order valence-corrected chi connectivity index (χ4v) is 0.521. The smallest absolute Gasteiger partial charge is 0.434 e. The number of rotatable bonds is 5. The molecule has 12 heavy (non-hydrogen) atoms. The van der Waals surface area contributed by atoms with Crippen molar-refractivity contribution in [2.24, 2.45) is 5.92 Å². The van der Waals surface area contributed by atoms with Crippen LogP contribution in [0, 0.1) is 12.3 Å². The molecule has 0 amide bonds. The molecule has 0 heterocycles. The van der Waals surface area contributed by atoms with Crippen molar-refractivity contribution in [2.45, 2.75) is 27.2 Å². The van der Waals surface area contributed by atoms with Crippen molar-refractivity contribution in [2.75, 3.05) is 13.2 Å². The Morgan fingerprint density at radius 1 is 1.50 bits per heavy atom. The molecule has 71 valence electrons. The van der Waals surface area contributed by atoms with E-state index in [-0.39, 0.29) is 0 Å². The number of carbonyl (C=O) groups is 1. The average molecular weight is 173 g/mol. The Balaban J connectivity index is 3.31. The van der Waals surface area contributed by atoms with Crippen LogP contribution in [0.4, 0.5) is 4.79 Å². The fraction of sp³-hybridized carbons (Fsp3) is 0.778. The number of carbonyl (C=O) groups excluding carboxylic acids is 1. The summed E-state index contributed by atoms with van der Waals surface area (Å²) in [5.74, 6) is 0.406. The third-order valence-electron chi connectivity index (χ3n) is 1.55. The van der Waals surface area contributed by atoms with E-state index < -0.39 is 6.16 Å². The van der Waals surface area contributed by atoms with Gasteiger partial charge in [-0.3, -0.25) is 0 Å². The van der Waals surface area contributed by atoms with E-state index in [2.05, 4.69) is 11.7 Å². The van der Waals surface area contributed by atoms with Gasteiger partial charge < -0.3 is 9.47 Å². The van der Waals surface area contributed by atoms with Gasteiger partial charge in [-0.25, -0.2) is 4.79 Å². The molecule has 0 saturated heterocycles. The lowest BCUT2D eigenvalue weighted by molar-refractivity contribution is 0.0509. The predicted molar refractivity (Wildman–Crippen MR) is 46.7 cm³/mol. The summed E-state index contributed by atoms with van der Waals surface area (Å²) in [5, 5.41) is 0. The summed E-state index contributed by atoms with van der Waals surface area (Å²) in [7, 11) is 0. The van der Waals surface area contributed by atoms with Gasteiger partial charge in [0.2, 0.25) is 0 Å². The van der Waals surface area contributed by atoms with E-state index in [0.717, 1.165) is 6.42 Å². The van der Waals surface area contributed by atoms with Crippen molar-refractivity contribution in [3.63, 3.8) is 0 Å².